The molecule has 0 aromatic rings. The van der Waals surface area contributed by atoms with Crippen molar-refractivity contribution in [1.82, 2.24) is 5.32 Å². The standard InChI is InChI=1S/C14H27NO2/c1-5-11(2)10-12-14(17-9-7-15-12)6-8-16-13(14,3)4/h11-12,15H,5-10H2,1-4H3. The van der Waals surface area contributed by atoms with E-state index in [-0.39, 0.29) is 11.2 Å². The summed E-state index contributed by atoms with van der Waals surface area (Å²) in [7, 11) is 0. The maximum atomic E-state index is 6.21. The van der Waals surface area contributed by atoms with Gasteiger partial charge in [0.2, 0.25) is 0 Å². The van der Waals surface area contributed by atoms with Gasteiger partial charge in [0.05, 0.1) is 18.8 Å². The van der Waals surface area contributed by atoms with Gasteiger partial charge in [-0.25, -0.2) is 0 Å². The lowest BCUT2D eigenvalue weighted by atomic mass is 9.75. The molecule has 2 rings (SSSR count). The van der Waals surface area contributed by atoms with E-state index in [1.807, 2.05) is 0 Å². The number of rotatable bonds is 3. The van der Waals surface area contributed by atoms with E-state index in [9.17, 15) is 0 Å². The topological polar surface area (TPSA) is 30.5 Å². The summed E-state index contributed by atoms with van der Waals surface area (Å²) in [6.07, 6.45) is 3.44. The molecule has 0 bridgehead atoms. The minimum atomic E-state index is -0.168. The van der Waals surface area contributed by atoms with Crippen molar-refractivity contribution >= 4 is 0 Å². The predicted octanol–water partition coefficient (Wildman–Crippen LogP) is 2.35. The Hall–Kier alpha value is -0.120. The fraction of sp³-hybridized carbons (Fsp3) is 1.00. The van der Waals surface area contributed by atoms with Gasteiger partial charge < -0.3 is 14.8 Å². The molecule has 0 saturated carbocycles. The molecule has 0 radical (unpaired) electrons. The van der Waals surface area contributed by atoms with Crippen LogP contribution in [0.2, 0.25) is 0 Å². The quantitative estimate of drug-likeness (QED) is 0.822. The molecule has 2 saturated heterocycles. The van der Waals surface area contributed by atoms with Gasteiger partial charge in [0.1, 0.15) is 5.60 Å². The third-order valence-electron chi connectivity index (χ3n) is 4.71. The van der Waals surface area contributed by atoms with E-state index in [0.29, 0.717) is 6.04 Å². The summed E-state index contributed by atoms with van der Waals surface area (Å²) in [4.78, 5) is 0. The average molecular weight is 241 g/mol. The summed E-state index contributed by atoms with van der Waals surface area (Å²) < 4.78 is 12.1. The smallest absolute Gasteiger partial charge is 0.114 e. The van der Waals surface area contributed by atoms with Gasteiger partial charge in [0.25, 0.3) is 0 Å². The van der Waals surface area contributed by atoms with Crippen LogP contribution in [0.1, 0.15) is 47.0 Å². The SMILES string of the molecule is CCC(C)CC1NCCOC12CCOC2(C)C. The number of nitrogens with one attached hydrogen (secondary N) is 1. The Morgan fingerprint density at radius 3 is 2.65 bits per heavy atom. The lowest BCUT2D eigenvalue weighted by Gasteiger charge is -2.49. The lowest BCUT2D eigenvalue weighted by Crippen LogP contribution is -2.65. The molecule has 0 aromatic carbocycles. The molecular weight excluding hydrogens is 214 g/mol. The van der Waals surface area contributed by atoms with Crippen molar-refractivity contribution < 1.29 is 9.47 Å². The zero-order chi connectivity index (χ0) is 12.5. The Morgan fingerprint density at radius 2 is 2.06 bits per heavy atom. The highest BCUT2D eigenvalue weighted by atomic mass is 16.6. The van der Waals surface area contributed by atoms with Crippen molar-refractivity contribution in [1.29, 1.82) is 0 Å². The Labute approximate surface area is 105 Å². The Kier molecular flexibility index (Phi) is 3.81. The first-order valence-electron chi connectivity index (χ1n) is 7.03. The predicted molar refractivity (Wildman–Crippen MR) is 69.2 cm³/mol. The van der Waals surface area contributed by atoms with Crippen LogP contribution >= 0.6 is 0 Å². The van der Waals surface area contributed by atoms with Crippen molar-refractivity contribution in [3.8, 4) is 0 Å². The molecule has 2 heterocycles. The van der Waals surface area contributed by atoms with Crippen molar-refractivity contribution in [3.05, 3.63) is 0 Å². The van der Waals surface area contributed by atoms with E-state index < -0.39 is 0 Å². The fourth-order valence-corrected chi connectivity index (χ4v) is 3.30. The van der Waals surface area contributed by atoms with Crippen LogP contribution < -0.4 is 5.32 Å². The van der Waals surface area contributed by atoms with Crippen molar-refractivity contribution in [2.75, 3.05) is 19.8 Å². The van der Waals surface area contributed by atoms with E-state index in [1.54, 1.807) is 0 Å². The molecule has 3 unspecified atom stereocenters. The summed E-state index contributed by atoms with van der Waals surface area (Å²) in [5.41, 5.74) is -0.284. The van der Waals surface area contributed by atoms with Gasteiger partial charge in [-0.1, -0.05) is 20.3 Å². The molecule has 2 fully saturated rings. The Bertz CT molecular complexity index is 267. The minimum absolute atomic E-state index is 0.116. The molecule has 1 spiro atoms. The molecule has 2 aliphatic rings. The second-order valence-electron chi connectivity index (χ2n) is 6.10. The second-order valence-corrected chi connectivity index (χ2v) is 6.10. The number of ether oxygens (including phenoxy) is 2. The Balaban J connectivity index is 2.16. The first-order valence-corrected chi connectivity index (χ1v) is 7.03. The molecule has 0 aliphatic carbocycles. The third kappa shape index (κ3) is 2.25. The van der Waals surface area contributed by atoms with Crippen LogP contribution in [0.15, 0.2) is 0 Å². The molecule has 17 heavy (non-hydrogen) atoms. The highest BCUT2D eigenvalue weighted by Crippen LogP contribution is 2.44. The largest absolute Gasteiger partial charge is 0.372 e. The maximum Gasteiger partial charge on any atom is 0.114 e. The normalized spacial score (nSPS) is 38.5. The van der Waals surface area contributed by atoms with Gasteiger partial charge in [-0.05, 0) is 26.2 Å². The van der Waals surface area contributed by atoms with Crippen LogP contribution in [-0.2, 0) is 9.47 Å². The monoisotopic (exact) mass is 241 g/mol. The van der Waals surface area contributed by atoms with Crippen molar-refractivity contribution in [2.24, 2.45) is 5.92 Å². The molecule has 0 aromatic heterocycles. The zero-order valence-corrected chi connectivity index (χ0v) is 11.7. The van der Waals surface area contributed by atoms with Gasteiger partial charge in [-0.3, -0.25) is 0 Å². The highest BCUT2D eigenvalue weighted by molar-refractivity contribution is 5.10. The lowest BCUT2D eigenvalue weighted by molar-refractivity contribution is -0.173. The first kappa shape index (κ1) is 13.3. The summed E-state index contributed by atoms with van der Waals surface area (Å²) in [6.45, 7) is 11.5. The van der Waals surface area contributed by atoms with Crippen LogP contribution in [0.5, 0.6) is 0 Å². The van der Waals surface area contributed by atoms with Crippen LogP contribution in [-0.4, -0.2) is 37.0 Å². The molecule has 100 valence electrons. The van der Waals surface area contributed by atoms with Gasteiger partial charge in [0, 0.05) is 19.0 Å². The summed E-state index contributed by atoms with van der Waals surface area (Å²) in [6, 6.07) is 0.434. The highest BCUT2D eigenvalue weighted by Gasteiger charge is 2.57. The summed E-state index contributed by atoms with van der Waals surface area (Å²) >= 11 is 0. The summed E-state index contributed by atoms with van der Waals surface area (Å²) in [5.74, 6) is 0.738. The van der Waals surface area contributed by atoms with E-state index >= 15 is 0 Å². The van der Waals surface area contributed by atoms with Crippen molar-refractivity contribution in [3.63, 3.8) is 0 Å². The fourth-order valence-electron chi connectivity index (χ4n) is 3.30. The van der Waals surface area contributed by atoms with Crippen molar-refractivity contribution in [2.45, 2.75) is 64.2 Å². The molecule has 3 heteroatoms. The molecule has 3 nitrogen and oxygen atoms in total. The molecule has 2 aliphatic heterocycles. The minimum Gasteiger partial charge on any atom is -0.372 e. The molecular formula is C14H27NO2. The van der Waals surface area contributed by atoms with E-state index in [0.717, 1.165) is 32.1 Å². The van der Waals surface area contributed by atoms with Gasteiger partial charge >= 0.3 is 0 Å². The Morgan fingerprint density at radius 1 is 1.29 bits per heavy atom. The van der Waals surface area contributed by atoms with E-state index in [4.69, 9.17) is 9.47 Å². The molecule has 3 atom stereocenters. The second kappa shape index (κ2) is 4.87. The zero-order valence-electron chi connectivity index (χ0n) is 11.7. The number of hydrogen-bond donors (Lipinski definition) is 1. The molecule has 0 amide bonds. The molecule has 1 N–H and O–H groups in total. The van der Waals surface area contributed by atoms with Gasteiger partial charge in [-0.15, -0.1) is 0 Å². The maximum absolute atomic E-state index is 6.21. The van der Waals surface area contributed by atoms with Crippen LogP contribution in [0.3, 0.4) is 0 Å². The van der Waals surface area contributed by atoms with E-state index in [1.165, 1.54) is 12.8 Å². The first-order chi connectivity index (χ1) is 8.02. The van der Waals surface area contributed by atoms with E-state index in [2.05, 4.69) is 33.0 Å². The average Bonchev–Trinajstić information content (AvgIpc) is 2.58. The van der Waals surface area contributed by atoms with Gasteiger partial charge in [0.15, 0.2) is 0 Å². The third-order valence-corrected chi connectivity index (χ3v) is 4.71. The summed E-state index contributed by atoms with van der Waals surface area (Å²) in [5, 5.41) is 3.67. The number of hydrogen-bond acceptors (Lipinski definition) is 3. The van der Waals surface area contributed by atoms with Crippen LogP contribution in [0, 0.1) is 5.92 Å². The van der Waals surface area contributed by atoms with Crippen LogP contribution in [0.25, 0.3) is 0 Å². The van der Waals surface area contributed by atoms with Gasteiger partial charge in [-0.2, -0.15) is 0 Å². The van der Waals surface area contributed by atoms with Crippen LogP contribution in [0.4, 0.5) is 0 Å². The number of morpholine rings is 1.